The van der Waals surface area contributed by atoms with Crippen LogP contribution in [0.4, 0.5) is 4.39 Å². The van der Waals surface area contributed by atoms with Crippen molar-refractivity contribution in [1.82, 2.24) is 10.6 Å². The molecule has 0 radical (unpaired) electrons. The van der Waals surface area contributed by atoms with Crippen molar-refractivity contribution in [1.29, 1.82) is 0 Å². The van der Waals surface area contributed by atoms with Gasteiger partial charge in [-0.15, -0.1) is 0 Å². The third kappa shape index (κ3) is 1.16. The van der Waals surface area contributed by atoms with Gasteiger partial charge >= 0.3 is 0 Å². The minimum atomic E-state index is -1.05. The monoisotopic (exact) mass is 102 g/mol. The lowest BCUT2D eigenvalue weighted by atomic mass is 10.5. The van der Waals surface area contributed by atoms with E-state index in [2.05, 4.69) is 10.6 Å². The highest BCUT2D eigenvalue weighted by molar-refractivity contribution is 4.86. The molecule has 0 aromatic carbocycles. The Labute approximate surface area is 41.4 Å². The van der Waals surface area contributed by atoms with Gasteiger partial charge in [0.15, 0.2) is 0 Å². The molecule has 3 heteroatoms. The van der Waals surface area contributed by atoms with Crippen molar-refractivity contribution >= 4 is 0 Å². The van der Waals surface area contributed by atoms with Crippen LogP contribution in [0.15, 0.2) is 12.3 Å². The molecule has 0 saturated heterocycles. The van der Waals surface area contributed by atoms with E-state index in [9.17, 15) is 4.39 Å². The Hall–Kier alpha value is -0.570. The first kappa shape index (κ1) is 4.59. The second-order valence-corrected chi connectivity index (χ2v) is 1.34. The molecule has 0 amide bonds. The summed E-state index contributed by atoms with van der Waals surface area (Å²) < 4.78 is 11.9. The highest BCUT2D eigenvalue weighted by Gasteiger charge is 2.00. The summed E-state index contributed by atoms with van der Waals surface area (Å²) in [7, 11) is 0. The second kappa shape index (κ2) is 1.93. The lowest BCUT2D eigenvalue weighted by molar-refractivity contribution is 0.245. The zero-order valence-electron chi connectivity index (χ0n) is 3.82. The predicted molar refractivity (Wildman–Crippen MR) is 25.2 cm³/mol. The third-order valence-electron chi connectivity index (χ3n) is 0.775. The zero-order valence-corrected chi connectivity index (χ0v) is 3.82. The minimum Gasteiger partial charge on any atom is -0.350 e. The van der Waals surface area contributed by atoms with Crippen LogP contribution >= 0.6 is 0 Å². The van der Waals surface area contributed by atoms with E-state index in [0.717, 1.165) is 0 Å². The molecule has 0 saturated carbocycles. The van der Waals surface area contributed by atoms with Gasteiger partial charge in [-0.3, -0.25) is 5.32 Å². The molecule has 7 heavy (non-hydrogen) atoms. The summed E-state index contributed by atoms with van der Waals surface area (Å²) in [5.74, 6) is 0. The van der Waals surface area contributed by atoms with Crippen LogP contribution in [0.2, 0.25) is 0 Å². The van der Waals surface area contributed by atoms with Crippen LogP contribution in [0.25, 0.3) is 0 Å². The second-order valence-electron chi connectivity index (χ2n) is 1.34. The van der Waals surface area contributed by atoms with E-state index in [-0.39, 0.29) is 0 Å². The van der Waals surface area contributed by atoms with Gasteiger partial charge in [0, 0.05) is 6.54 Å². The van der Waals surface area contributed by atoms with Gasteiger partial charge in [-0.05, 0) is 6.20 Å². The Morgan fingerprint density at radius 1 is 1.71 bits per heavy atom. The SMILES string of the molecule is FC1NC=CCN1. The first-order valence-corrected chi connectivity index (χ1v) is 2.18. The molecule has 1 aliphatic heterocycles. The van der Waals surface area contributed by atoms with Crippen molar-refractivity contribution in [3.63, 3.8) is 0 Å². The normalized spacial score (nSPS) is 29.6. The topological polar surface area (TPSA) is 24.1 Å². The van der Waals surface area contributed by atoms with Crippen molar-refractivity contribution in [2.75, 3.05) is 6.54 Å². The van der Waals surface area contributed by atoms with Crippen LogP contribution in [-0.4, -0.2) is 13.0 Å². The summed E-state index contributed by atoms with van der Waals surface area (Å²) in [4.78, 5) is 0. The van der Waals surface area contributed by atoms with Gasteiger partial charge in [0.2, 0.25) is 6.42 Å². The van der Waals surface area contributed by atoms with Crippen molar-refractivity contribution in [2.24, 2.45) is 0 Å². The molecule has 2 nitrogen and oxygen atoms in total. The smallest absolute Gasteiger partial charge is 0.224 e. The lowest BCUT2D eigenvalue weighted by Crippen LogP contribution is -2.38. The Morgan fingerprint density at radius 2 is 2.57 bits per heavy atom. The van der Waals surface area contributed by atoms with E-state index < -0.39 is 6.42 Å². The maximum absolute atomic E-state index is 11.9. The quantitative estimate of drug-likeness (QED) is 0.419. The highest BCUT2D eigenvalue weighted by Crippen LogP contribution is 1.83. The van der Waals surface area contributed by atoms with Crippen molar-refractivity contribution < 1.29 is 4.39 Å². The van der Waals surface area contributed by atoms with E-state index in [4.69, 9.17) is 0 Å². The molecule has 1 aliphatic rings. The largest absolute Gasteiger partial charge is 0.350 e. The molecular formula is C4H7FN2. The summed E-state index contributed by atoms with van der Waals surface area (Å²) in [5, 5.41) is 4.94. The number of rotatable bonds is 0. The van der Waals surface area contributed by atoms with Crippen LogP contribution in [0.3, 0.4) is 0 Å². The van der Waals surface area contributed by atoms with Crippen molar-refractivity contribution in [2.45, 2.75) is 6.42 Å². The van der Waals surface area contributed by atoms with E-state index in [1.807, 2.05) is 6.08 Å². The first-order valence-electron chi connectivity index (χ1n) is 2.18. The standard InChI is InChI=1S/C4H7FN2/c5-4-6-2-1-3-7-4/h1-2,4,6-7H,3H2. The van der Waals surface area contributed by atoms with Gasteiger partial charge in [0.25, 0.3) is 0 Å². The van der Waals surface area contributed by atoms with Crippen molar-refractivity contribution in [3.05, 3.63) is 12.3 Å². The third-order valence-corrected chi connectivity index (χ3v) is 0.775. The average molecular weight is 102 g/mol. The number of halogens is 1. The molecule has 2 N–H and O–H groups in total. The lowest BCUT2D eigenvalue weighted by Gasteiger charge is -2.12. The van der Waals surface area contributed by atoms with Crippen LogP contribution in [0.5, 0.6) is 0 Å². The number of alkyl halides is 1. The minimum absolute atomic E-state index is 0.619. The number of hydrogen-bond donors (Lipinski definition) is 2. The van der Waals surface area contributed by atoms with Gasteiger partial charge in [0.05, 0.1) is 0 Å². The van der Waals surface area contributed by atoms with E-state index in [1.165, 1.54) is 0 Å². The van der Waals surface area contributed by atoms with E-state index in [1.54, 1.807) is 6.20 Å². The van der Waals surface area contributed by atoms with Gasteiger partial charge < -0.3 is 5.32 Å². The molecule has 0 bridgehead atoms. The maximum Gasteiger partial charge on any atom is 0.224 e. The molecule has 1 heterocycles. The molecule has 0 aromatic heterocycles. The molecule has 1 unspecified atom stereocenters. The Kier molecular flexibility index (Phi) is 1.26. The zero-order chi connectivity index (χ0) is 5.11. The fourth-order valence-corrected chi connectivity index (χ4v) is 0.442. The van der Waals surface area contributed by atoms with Crippen LogP contribution in [0.1, 0.15) is 0 Å². The van der Waals surface area contributed by atoms with E-state index >= 15 is 0 Å². The van der Waals surface area contributed by atoms with Gasteiger partial charge in [0.1, 0.15) is 0 Å². The fourth-order valence-electron chi connectivity index (χ4n) is 0.442. The highest BCUT2D eigenvalue weighted by atomic mass is 19.1. The Bertz CT molecular complexity index is 81.8. The van der Waals surface area contributed by atoms with Crippen LogP contribution < -0.4 is 10.6 Å². The number of nitrogens with one attached hydrogen (secondary N) is 2. The molecule has 0 fully saturated rings. The van der Waals surface area contributed by atoms with Crippen molar-refractivity contribution in [3.8, 4) is 0 Å². The van der Waals surface area contributed by atoms with Crippen LogP contribution in [0, 0.1) is 0 Å². The molecule has 0 aromatic rings. The summed E-state index contributed by atoms with van der Waals surface area (Å²) in [6.45, 7) is 0.619. The van der Waals surface area contributed by atoms with E-state index in [0.29, 0.717) is 6.54 Å². The predicted octanol–water partition coefficient (Wildman–Crippen LogP) is -0.0540. The summed E-state index contributed by atoms with van der Waals surface area (Å²) in [6.07, 6.45) is 2.36. The maximum atomic E-state index is 11.9. The van der Waals surface area contributed by atoms with Gasteiger partial charge in [-0.2, -0.15) is 0 Å². The summed E-state index contributed by atoms with van der Waals surface area (Å²) >= 11 is 0. The Balaban J connectivity index is 2.32. The fraction of sp³-hybridized carbons (Fsp3) is 0.500. The summed E-state index contributed by atoms with van der Waals surface area (Å²) in [6, 6.07) is 0. The van der Waals surface area contributed by atoms with Crippen LogP contribution in [-0.2, 0) is 0 Å². The molecule has 1 rings (SSSR count). The van der Waals surface area contributed by atoms with Gasteiger partial charge in [-0.25, -0.2) is 4.39 Å². The number of hydrogen-bond acceptors (Lipinski definition) is 2. The molecule has 1 atom stereocenters. The summed E-state index contributed by atoms with van der Waals surface area (Å²) in [5.41, 5.74) is 0. The average Bonchev–Trinajstić information content (AvgIpc) is 1.69. The first-order chi connectivity index (χ1) is 3.39. The molecule has 0 aliphatic carbocycles. The Morgan fingerprint density at radius 3 is 2.86 bits per heavy atom. The molecule has 40 valence electrons. The molecular weight excluding hydrogens is 95.1 g/mol. The van der Waals surface area contributed by atoms with Gasteiger partial charge in [-0.1, -0.05) is 6.08 Å². The molecule has 0 spiro atoms.